The van der Waals surface area contributed by atoms with Crippen LogP contribution < -0.4 is 15.8 Å². The first-order valence-electron chi connectivity index (χ1n) is 6.45. The minimum atomic E-state index is -0.0365. The minimum Gasteiger partial charge on any atom is -0.492 e. The van der Waals surface area contributed by atoms with Crippen LogP contribution in [0, 0.1) is 0 Å². The highest BCUT2D eigenvalue weighted by Gasteiger charge is 2.05. The summed E-state index contributed by atoms with van der Waals surface area (Å²) in [7, 11) is 4.00. The molecule has 0 unspecified atom stereocenters. The SMILES string of the molecule is CN(C)CCOc1ccccc1CNC(=O)CCN. The van der Waals surface area contributed by atoms with Crippen molar-refractivity contribution in [3.8, 4) is 5.75 Å². The molecule has 1 aromatic carbocycles. The molecule has 106 valence electrons. The molecule has 19 heavy (non-hydrogen) atoms. The lowest BCUT2D eigenvalue weighted by atomic mass is 10.2. The first kappa shape index (κ1) is 15.5. The largest absolute Gasteiger partial charge is 0.492 e. The summed E-state index contributed by atoms with van der Waals surface area (Å²) in [6.07, 6.45) is 0.351. The maximum Gasteiger partial charge on any atom is 0.221 e. The van der Waals surface area contributed by atoms with Gasteiger partial charge in [0.2, 0.25) is 5.91 Å². The summed E-state index contributed by atoms with van der Waals surface area (Å²) in [4.78, 5) is 13.5. The number of para-hydroxylation sites is 1. The van der Waals surface area contributed by atoms with Gasteiger partial charge in [-0.25, -0.2) is 0 Å². The maximum absolute atomic E-state index is 11.4. The number of hydrogen-bond acceptors (Lipinski definition) is 4. The molecule has 0 aromatic heterocycles. The van der Waals surface area contributed by atoms with Crippen LogP contribution in [0.15, 0.2) is 24.3 Å². The van der Waals surface area contributed by atoms with Crippen LogP contribution in [0.25, 0.3) is 0 Å². The highest BCUT2D eigenvalue weighted by atomic mass is 16.5. The van der Waals surface area contributed by atoms with Gasteiger partial charge in [0.15, 0.2) is 0 Å². The molecular formula is C14H23N3O2. The van der Waals surface area contributed by atoms with Gasteiger partial charge in [0, 0.05) is 31.6 Å². The molecule has 0 saturated heterocycles. The Morgan fingerprint density at radius 1 is 1.37 bits per heavy atom. The molecule has 5 heteroatoms. The Balaban J connectivity index is 2.50. The number of carbonyl (C=O) groups excluding carboxylic acids is 1. The average molecular weight is 265 g/mol. The molecule has 0 fully saturated rings. The number of amides is 1. The third-order valence-corrected chi connectivity index (χ3v) is 2.62. The summed E-state index contributed by atoms with van der Waals surface area (Å²) in [6.45, 7) is 2.32. The first-order chi connectivity index (χ1) is 9.13. The van der Waals surface area contributed by atoms with Crippen LogP contribution in [0.3, 0.4) is 0 Å². The fraction of sp³-hybridized carbons (Fsp3) is 0.500. The van der Waals surface area contributed by atoms with Crippen molar-refractivity contribution in [1.82, 2.24) is 10.2 Å². The number of hydrogen-bond donors (Lipinski definition) is 2. The Labute approximate surface area is 114 Å². The lowest BCUT2D eigenvalue weighted by Crippen LogP contribution is -2.25. The lowest BCUT2D eigenvalue weighted by molar-refractivity contribution is -0.121. The summed E-state index contributed by atoms with van der Waals surface area (Å²) in [5.74, 6) is 0.781. The van der Waals surface area contributed by atoms with Gasteiger partial charge in [0.25, 0.3) is 0 Å². The van der Waals surface area contributed by atoms with Crippen molar-refractivity contribution in [2.45, 2.75) is 13.0 Å². The van der Waals surface area contributed by atoms with Gasteiger partial charge in [0.05, 0.1) is 0 Å². The molecule has 1 amide bonds. The fourth-order valence-corrected chi connectivity index (χ4v) is 1.54. The van der Waals surface area contributed by atoms with Crippen molar-refractivity contribution in [3.63, 3.8) is 0 Å². The number of nitrogens with zero attached hydrogens (tertiary/aromatic N) is 1. The topological polar surface area (TPSA) is 67.6 Å². The van der Waals surface area contributed by atoms with Gasteiger partial charge in [-0.2, -0.15) is 0 Å². The predicted octanol–water partition coefficient (Wildman–Crippen LogP) is 0.592. The van der Waals surface area contributed by atoms with Gasteiger partial charge >= 0.3 is 0 Å². The number of rotatable bonds is 8. The van der Waals surface area contributed by atoms with Crippen molar-refractivity contribution < 1.29 is 9.53 Å². The van der Waals surface area contributed by atoms with Crippen LogP contribution in [-0.2, 0) is 11.3 Å². The van der Waals surface area contributed by atoms with E-state index < -0.39 is 0 Å². The second-order valence-electron chi connectivity index (χ2n) is 4.57. The van der Waals surface area contributed by atoms with Gasteiger partial charge in [-0.05, 0) is 20.2 Å². The Hall–Kier alpha value is -1.59. The van der Waals surface area contributed by atoms with E-state index in [4.69, 9.17) is 10.5 Å². The summed E-state index contributed by atoms with van der Waals surface area (Å²) in [5.41, 5.74) is 6.31. The van der Waals surface area contributed by atoms with Gasteiger partial charge in [-0.3, -0.25) is 4.79 Å². The molecule has 0 saturated carbocycles. The number of likely N-dealkylation sites (N-methyl/N-ethyl adjacent to an activating group) is 1. The van der Waals surface area contributed by atoms with Gasteiger partial charge in [-0.1, -0.05) is 18.2 Å². The van der Waals surface area contributed by atoms with Crippen LogP contribution in [-0.4, -0.2) is 44.6 Å². The van der Waals surface area contributed by atoms with Crippen molar-refractivity contribution >= 4 is 5.91 Å². The van der Waals surface area contributed by atoms with E-state index in [1.54, 1.807) is 0 Å². The second-order valence-corrected chi connectivity index (χ2v) is 4.57. The molecule has 0 heterocycles. The Kier molecular flexibility index (Phi) is 6.92. The first-order valence-corrected chi connectivity index (χ1v) is 6.45. The molecule has 3 N–H and O–H groups in total. The standard InChI is InChI=1S/C14H23N3O2/c1-17(2)9-10-19-13-6-4-3-5-12(13)11-16-14(18)7-8-15/h3-6H,7-11,15H2,1-2H3,(H,16,18). The van der Waals surface area contributed by atoms with Crippen LogP contribution in [0.1, 0.15) is 12.0 Å². The maximum atomic E-state index is 11.4. The molecule has 0 aliphatic rings. The van der Waals surface area contributed by atoms with Crippen LogP contribution in [0.2, 0.25) is 0 Å². The smallest absolute Gasteiger partial charge is 0.221 e. The summed E-state index contributed by atoms with van der Waals surface area (Å²) >= 11 is 0. The van der Waals surface area contributed by atoms with Crippen LogP contribution in [0.5, 0.6) is 5.75 Å². The molecule has 5 nitrogen and oxygen atoms in total. The van der Waals surface area contributed by atoms with E-state index >= 15 is 0 Å². The molecule has 0 aliphatic heterocycles. The van der Waals surface area contributed by atoms with Crippen LogP contribution in [0.4, 0.5) is 0 Å². The number of nitrogens with one attached hydrogen (secondary N) is 1. The van der Waals surface area contributed by atoms with Gasteiger partial charge in [0.1, 0.15) is 12.4 Å². The number of carbonyl (C=O) groups is 1. The number of benzene rings is 1. The predicted molar refractivity (Wildman–Crippen MR) is 76.0 cm³/mol. The van der Waals surface area contributed by atoms with Crippen molar-refractivity contribution in [1.29, 1.82) is 0 Å². The molecule has 0 radical (unpaired) electrons. The van der Waals surface area contributed by atoms with Crippen molar-refractivity contribution in [2.75, 3.05) is 33.8 Å². The number of nitrogens with two attached hydrogens (primary N) is 1. The number of ether oxygens (including phenoxy) is 1. The monoisotopic (exact) mass is 265 g/mol. The van der Waals surface area contributed by atoms with Crippen molar-refractivity contribution in [2.24, 2.45) is 5.73 Å². The summed E-state index contributed by atoms with van der Waals surface area (Å²) < 4.78 is 5.72. The molecule has 0 atom stereocenters. The molecule has 0 aliphatic carbocycles. The second kappa shape index (κ2) is 8.50. The zero-order chi connectivity index (χ0) is 14.1. The van der Waals surface area contributed by atoms with Gasteiger partial charge in [-0.15, -0.1) is 0 Å². The highest BCUT2D eigenvalue weighted by molar-refractivity contribution is 5.76. The Bertz CT molecular complexity index is 394. The zero-order valence-corrected chi connectivity index (χ0v) is 11.7. The van der Waals surface area contributed by atoms with E-state index in [1.165, 1.54) is 0 Å². The normalized spacial score (nSPS) is 10.5. The van der Waals surface area contributed by atoms with E-state index in [1.807, 2.05) is 38.4 Å². The average Bonchev–Trinajstić information content (AvgIpc) is 2.37. The van der Waals surface area contributed by atoms with Crippen molar-refractivity contribution in [3.05, 3.63) is 29.8 Å². The third kappa shape index (κ3) is 6.22. The third-order valence-electron chi connectivity index (χ3n) is 2.62. The molecule has 1 rings (SSSR count). The molecule has 0 spiro atoms. The highest BCUT2D eigenvalue weighted by Crippen LogP contribution is 2.17. The van der Waals surface area contributed by atoms with E-state index in [0.717, 1.165) is 17.9 Å². The Morgan fingerprint density at radius 3 is 2.79 bits per heavy atom. The zero-order valence-electron chi connectivity index (χ0n) is 11.7. The summed E-state index contributed by atoms with van der Waals surface area (Å²) in [6, 6.07) is 7.73. The molecule has 1 aromatic rings. The van der Waals surface area contributed by atoms with E-state index in [2.05, 4.69) is 10.2 Å². The van der Waals surface area contributed by atoms with E-state index in [9.17, 15) is 4.79 Å². The quantitative estimate of drug-likeness (QED) is 0.722. The van der Waals surface area contributed by atoms with E-state index in [-0.39, 0.29) is 5.91 Å². The minimum absolute atomic E-state index is 0.0365. The lowest BCUT2D eigenvalue weighted by Gasteiger charge is -2.14. The van der Waals surface area contributed by atoms with E-state index in [0.29, 0.717) is 26.1 Å². The molecule has 0 bridgehead atoms. The van der Waals surface area contributed by atoms with Gasteiger partial charge < -0.3 is 20.7 Å². The van der Waals surface area contributed by atoms with Crippen LogP contribution >= 0.6 is 0 Å². The molecular weight excluding hydrogens is 242 g/mol. The Morgan fingerprint density at radius 2 is 2.11 bits per heavy atom. The fourth-order valence-electron chi connectivity index (χ4n) is 1.54. The summed E-state index contributed by atoms with van der Waals surface area (Å²) in [5, 5.41) is 2.83.